The molecule has 2 heterocycles. The Labute approximate surface area is 139 Å². The highest BCUT2D eigenvalue weighted by Gasteiger charge is 2.77. The number of epoxide rings is 1. The molecule has 0 aromatic heterocycles. The first kappa shape index (κ1) is 15.9. The number of fused-ring (bicyclic) bond motifs is 1. The molecule has 0 N–H and O–H groups in total. The number of carbonyl (C=O) groups is 1. The lowest BCUT2D eigenvalue weighted by Gasteiger charge is -2.50. The van der Waals surface area contributed by atoms with Crippen LogP contribution < -0.4 is 0 Å². The minimum Gasteiger partial charge on any atom is -0.455 e. The molecule has 0 aromatic rings. The third-order valence-electron chi connectivity index (χ3n) is 7.44. The van der Waals surface area contributed by atoms with E-state index in [0.29, 0.717) is 17.8 Å². The minimum atomic E-state index is -0.320. The van der Waals surface area contributed by atoms with Gasteiger partial charge in [-0.25, -0.2) is 0 Å². The average Bonchev–Trinajstić information content (AvgIpc) is 3.15. The van der Waals surface area contributed by atoms with Crippen LogP contribution in [0.5, 0.6) is 0 Å². The first-order valence-electron chi connectivity index (χ1n) is 9.59. The molecule has 4 aliphatic rings. The number of hydrogen-bond acceptors (Lipinski definition) is 4. The van der Waals surface area contributed by atoms with Crippen molar-refractivity contribution in [3.8, 4) is 0 Å². The van der Waals surface area contributed by atoms with E-state index in [9.17, 15) is 4.79 Å². The Bertz CT molecular complexity index is 505. The predicted molar refractivity (Wildman–Crippen MR) is 88.0 cm³/mol. The summed E-state index contributed by atoms with van der Waals surface area (Å²) < 4.78 is 12.4. The van der Waals surface area contributed by atoms with Crippen molar-refractivity contribution in [1.29, 1.82) is 0 Å². The molecule has 130 valence electrons. The fraction of sp³-hybridized carbons (Fsp3) is 0.947. The Morgan fingerprint density at radius 1 is 1.17 bits per heavy atom. The molecule has 3 unspecified atom stereocenters. The van der Waals surface area contributed by atoms with E-state index in [1.165, 1.54) is 6.42 Å². The molecule has 23 heavy (non-hydrogen) atoms. The molecule has 0 radical (unpaired) electrons. The van der Waals surface area contributed by atoms with Gasteiger partial charge in [0.15, 0.2) is 0 Å². The summed E-state index contributed by atoms with van der Waals surface area (Å²) in [7, 11) is 0. The predicted octanol–water partition coefficient (Wildman–Crippen LogP) is 2.85. The molecular formula is C19H31NO3. The first-order chi connectivity index (χ1) is 11.0. The van der Waals surface area contributed by atoms with Crippen LogP contribution in [0.4, 0.5) is 0 Å². The maximum atomic E-state index is 12.8. The van der Waals surface area contributed by atoms with Crippen molar-refractivity contribution in [3.63, 3.8) is 0 Å². The van der Waals surface area contributed by atoms with E-state index in [4.69, 9.17) is 9.47 Å². The van der Waals surface area contributed by atoms with Gasteiger partial charge in [-0.3, -0.25) is 4.79 Å². The lowest BCUT2D eigenvalue weighted by molar-refractivity contribution is -0.168. The summed E-state index contributed by atoms with van der Waals surface area (Å²) in [6, 6.07) is 0. The van der Waals surface area contributed by atoms with Crippen LogP contribution in [0.2, 0.25) is 0 Å². The molecular weight excluding hydrogens is 290 g/mol. The lowest BCUT2D eigenvalue weighted by atomic mass is 9.55. The van der Waals surface area contributed by atoms with E-state index in [-0.39, 0.29) is 29.2 Å². The van der Waals surface area contributed by atoms with Gasteiger partial charge in [-0.05, 0) is 51.6 Å². The Kier molecular flexibility index (Phi) is 3.59. The van der Waals surface area contributed by atoms with Crippen molar-refractivity contribution in [1.82, 2.24) is 4.90 Å². The first-order valence-corrected chi connectivity index (χ1v) is 9.59. The van der Waals surface area contributed by atoms with Gasteiger partial charge in [-0.2, -0.15) is 0 Å². The van der Waals surface area contributed by atoms with E-state index in [2.05, 4.69) is 32.6 Å². The normalized spacial score (nSPS) is 51.0. The van der Waals surface area contributed by atoms with Gasteiger partial charge in [0.25, 0.3) is 0 Å². The molecule has 1 spiro atoms. The zero-order valence-electron chi connectivity index (χ0n) is 15.0. The molecule has 2 saturated carbocycles. The highest BCUT2D eigenvalue weighted by molar-refractivity contribution is 5.77. The summed E-state index contributed by atoms with van der Waals surface area (Å²) in [4.78, 5) is 15.2. The van der Waals surface area contributed by atoms with E-state index in [1.54, 1.807) is 0 Å². The van der Waals surface area contributed by atoms with Crippen LogP contribution >= 0.6 is 0 Å². The standard InChI is InChI=1S/C19H31NO3/c1-5-20(6-2)11-13-15-8-7-12(3)14-9-10-18(4)17(23-18)19(14,15)22-16(13)21/h12-15,17H,5-11H2,1-4H3/t12-,13?,14?,15?,17+,18+,19+/m0/s1. The summed E-state index contributed by atoms with van der Waals surface area (Å²) in [5.74, 6) is 1.56. The molecule has 2 saturated heterocycles. The number of hydrogen-bond donors (Lipinski definition) is 0. The SMILES string of the molecule is CCN(CC)CC1C(=O)O[C@@]23C1CC[C@H](C)C2CC[C@@]1(C)O[C@@H]31. The smallest absolute Gasteiger partial charge is 0.311 e. The molecule has 2 aliphatic heterocycles. The van der Waals surface area contributed by atoms with Crippen molar-refractivity contribution in [2.24, 2.45) is 23.7 Å². The highest BCUT2D eigenvalue weighted by atomic mass is 16.7. The second-order valence-electron chi connectivity index (χ2n) is 8.48. The van der Waals surface area contributed by atoms with Gasteiger partial charge >= 0.3 is 5.97 Å². The maximum Gasteiger partial charge on any atom is 0.311 e. The van der Waals surface area contributed by atoms with Gasteiger partial charge in [0.2, 0.25) is 0 Å². The minimum absolute atomic E-state index is 0.0316. The Morgan fingerprint density at radius 3 is 2.61 bits per heavy atom. The number of nitrogens with zero attached hydrogens (tertiary/aromatic N) is 1. The molecule has 4 rings (SSSR count). The van der Waals surface area contributed by atoms with Crippen molar-refractivity contribution in [2.45, 2.75) is 70.7 Å². The maximum absolute atomic E-state index is 12.8. The number of rotatable bonds is 4. The monoisotopic (exact) mass is 321 g/mol. The van der Waals surface area contributed by atoms with E-state index < -0.39 is 0 Å². The zero-order chi connectivity index (χ0) is 16.4. The zero-order valence-corrected chi connectivity index (χ0v) is 15.0. The largest absolute Gasteiger partial charge is 0.455 e. The average molecular weight is 321 g/mol. The lowest BCUT2D eigenvalue weighted by Crippen LogP contribution is -2.58. The van der Waals surface area contributed by atoms with Crippen LogP contribution in [0.1, 0.15) is 53.4 Å². The molecule has 0 amide bonds. The highest BCUT2D eigenvalue weighted by Crippen LogP contribution is 2.66. The quantitative estimate of drug-likeness (QED) is 0.590. The van der Waals surface area contributed by atoms with Crippen LogP contribution in [0.3, 0.4) is 0 Å². The summed E-state index contributed by atoms with van der Waals surface area (Å²) >= 11 is 0. The molecule has 4 nitrogen and oxygen atoms in total. The van der Waals surface area contributed by atoms with E-state index in [0.717, 1.165) is 38.9 Å². The fourth-order valence-electron chi connectivity index (χ4n) is 6.02. The van der Waals surface area contributed by atoms with Crippen molar-refractivity contribution in [3.05, 3.63) is 0 Å². The van der Waals surface area contributed by atoms with Crippen LogP contribution in [0.15, 0.2) is 0 Å². The van der Waals surface area contributed by atoms with Crippen LogP contribution in [0.25, 0.3) is 0 Å². The Hall–Kier alpha value is -0.610. The fourth-order valence-corrected chi connectivity index (χ4v) is 6.02. The summed E-state index contributed by atoms with van der Waals surface area (Å²) in [5, 5.41) is 0. The van der Waals surface area contributed by atoms with Crippen LogP contribution in [0, 0.1) is 23.7 Å². The Morgan fingerprint density at radius 2 is 1.91 bits per heavy atom. The van der Waals surface area contributed by atoms with Gasteiger partial charge in [0, 0.05) is 18.4 Å². The molecule has 0 bridgehead atoms. The third kappa shape index (κ3) is 2.07. The summed E-state index contributed by atoms with van der Waals surface area (Å²) in [6.45, 7) is 11.8. The molecule has 4 heteroatoms. The number of carbonyl (C=O) groups excluding carboxylic acids is 1. The number of esters is 1. The van der Waals surface area contributed by atoms with Gasteiger partial charge in [0.05, 0.1) is 11.5 Å². The van der Waals surface area contributed by atoms with Gasteiger partial charge in [-0.15, -0.1) is 0 Å². The third-order valence-corrected chi connectivity index (χ3v) is 7.44. The van der Waals surface area contributed by atoms with Gasteiger partial charge < -0.3 is 14.4 Å². The number of ether oxygens (including phenoxy) is 2. The van der Waals surface area contributed by atoms with E-state index >= 15 is 0 Å². The van der Waals surface area contributed by atoms with E-state index in [1.807, 2.05) is 0 Å². The summed E-state index contributed by atoms with van der Waals surface area (Å²) in [5.41, 5.74) is -0.351. The second kappa shape index (κ2) is 5.19. The van der Waals surface area contributed by atoms with Gasteiger partial charge in [-0.1, -0.05) is 20.8 Å². The van der Waals surface area contributed by atoms with Crippen LogP contribution in [-0.2, 0) is 14.3 Å². The topological polar surface area (TPSA) is 42.1 Å². The van der Waals surface area contributed by atoms with Crippen molar-refractivity contribution in [2.75, 3.05) is 19.6 Å². The molecule has 7 atom stereocenters. The van der Waals surface area contributed by atoms with Crippen LogP contribution in [-0.4, -0.2) is 47.8 Å². The van der Waals surface area contributed by atoms with Crippen molar-refractivity contribution < 1.29 is 14.3 Å². The summed E-state index contributed by atoms with van der Waals surface area (Å²) in [6.07, 6.45) is 4.76. The molecule has 2 aliphatic carbocycles. The van der Waals surface area contributed by atoms with Gasteiger partial charge in [0.1, 0.15) is 11.7 Å². The van der Waals surface area contributed by atoms with Crippen molar-refractivity contribution >= 4 is 5.97 Å². The Balaban J connectivity index is 1.67. The molecule has 0 aromatic carbocycles. The second-order valence-corrected chi connectivity index (χ2v) is 8.48. The molecule has 4 fully saturated rings.